The van der Waals surface area contributed by atoms with Gasteiger partial charge in [-0.1, -0.05) is 36.4 Å². The van der Waals surface area contributed by atoms with Crippen LogP contribution in [0.3, 0.4) is 0 Å². The van der Waals surface area contributed by atoms with E-state index >= 15 is 0 Å². The van der Waals surface area contributed by atoms with Crippen LogP contribution in [0, 0.1) is 0 Å². The number of ether oxygens (including phenoxy) is 1. The summed E-state index contributed by atoms with van der Waals surface area (Å²) in [4.78, 5) is 18.0. The summed E-state index contributed by atoms with van der Waals surface area (Å²) in [6.45, 7) is -0.0951. The maximum absolute atomic E-state index is 12.4. The number of alkyl halides is 3. The number of aromatic nitrogens is 1. The summed E-state index contributed by atoms with van der Waals surface area (Å²) in [5.41, 5.74) is 1.68. The molecule has 0 radical (unpaired) electrons. The molecule has 0 unspecified atom stereocenters. The summed E-state index contributed by atoms with van der Waals surface area (Å²) in [6.07, 6.45) is -1.33. The van der Waals surface area contributed by atoms with Crippen molar-refractivity contribution < 1.29 is 22.7 Å². The van der Waals surface area contributed by atoms with E-state index in [0.29, 0.717) is 24.6 Å². The third-order valence-corrected chi connectivity index (χ3v) is 4.71. The van der Waals surface area contributed by atoms with Crippen LogP contribution in [0.15, 0.2) is 48.7 Å². The summed E-state index contributed by atoms with van der Waals surface area (Å²) < 4.78 is 41.8. The number of piperidine rings is 1. The van der Waals surface area contributed by atoms with Gasteiger partial charge in [0.2, 0.25) is 5.88 Å². The summed E-state index contributed by atoms with van der Waals surface area (Å²) in [5.74, 6) is 0.314. The van der Waals surface area contributed by atoms with Crippen LogP contribution >= 0.6 is 0 Å². The van der Waals surface area contributed by atoms with Crippen LogP contribution in [0.4, 0.5) is 18.0 Å². The number of urea groups is 1. The second kappa shape index (κ2) is 8.95. The number of carbonyl (C=O) groups is 1. The first kappa shape index (κ1) is 20.0. The van der Waals surface area contributed by atoms with Crippen molar-refractivity contribution in [1.29, 1.82) is 0 Å². The van der Waals surface area contributed by atoms with Crippen LogP contribution in [-0.4, -0.2) is 41.8 Å². The van der Waals surface area contributed by atoms with E-state index in [2.05, 4.69) is 22.4 Å². The number of halogens is 3. The van der Waals surface area contributed by atoms with Crippen molar-refractivity contribution in [2.24, 2.45) is 0 Å². The van der Waals surface area contributed by atoms with Gasteiger partial charge in [0.05, 0.1) is 0 Å². The van der Waals surface area contributed by atoms with Gasteiger partial charge in [-0.05, 0) is 30.4 Å². The number of carbonyl (C=O) groups excluding carboxylic acids is 1. The molecule has 2 amide bonds. The first-order valence-electron chi connectivity index (χ1n) is 9.13. The Morgan fingerprint density at radius 3 is 2.54 bits per heavy atom. The highest BCUT2D eigenvalue weighted by Gasteiger charge is 2.29. The maximum atomic E-state index is 12.4. The maximum Gasteiger partial charge on any atom is 0.422 e. The number of nitrogens with zero attached hydrogens (tertiary/aromatic N) is 2. The van der Waals surface area contributed by atoms with Gasteiger partial charge in [-0.25, -0.2) is 9.78 Å². The van der Waals surface area contributed by atoms with E-state index in [-0.39, 0.29) is 18.5 Å². The largest absolute Gasteiger partial charge is 0.468 e. The number of hydrogen-bond acceptors (Lipinski definition) is 3. The Kier molecular flexibility index (Phi) is 6.38. The molecule has 3 rings (SSSR count). The first-order chi connectivity index (χ1) is 13.4. The highest BCUT2D eigenvalue weighted by Crippen LogP contribution is 2.27. The standard InChI is InChI=1S/C20H22F3N3O2/c21-20(22,23)14-28-18-17(7-4-10-24-18)13-25-19(27)26-11-8-16(9-12-26)15-5-2-1-3-6-15/h1-7,10,16H,8-9,11-14H2,(H,25,27). The van der Waals surface area contributed by atoms with E-state index in [1.54, 1.807) is 17.0 Å². The van der Waals surface area contributed by atoms with Crippen LogP contribution < -0.4 is 10.1 Å². The van der Waals surface area contributed by atoms with Crippen molar-refractivity contribution in [1.82, 2.24) is 15.2 Å². The smallest absolute Gasteiger partial charge is 0.422 e. The Hall–Kier alpha value is -2.77. The lowest BCUT2D eigenvalue weighted by Gasteiger charge is -2.32. The summed E-state index contributed by atoms with van der Waals surface area (Å²) >= 11 is 0. The van der Waals surface area contributed by atoms with Gasteiger partial charge < -0.3 is 15.0 Å². The van der Waals surface area contributed by atoms with Gasteiger partial charge in [0, 0.05) is 31.4 Å². The van der Waals surface area contributed by atoms with Gasteiger partial charge in [-0.3, -0.25) is 0 Å². The van der Waals surface area contributed by atoms with Gasteiger partial charge in [0.1, 0.15) is 0 Å². The fraction of sp³-hybridized carbons (Fsp3) is 0.400. The molecule has 0 bridgehead atoms. The highest BCUT2D eigenvalue weighted by molar-refractivity contribution is 5.74. The molecular weight excluding hydrogens is 371 g/mol. The molecule has 1 N–H and O–H groups in total. The average Bonchev–Trinajstić information content (AvgIpc) is 2.71. The zero-order valence-corrected chi connectivity index (χ0v) is 15.3. The van der Waals surface area contributed by atoms with E-state index < -0.39 is 12.8 Å². The lowest BCUT2D eigenvalue weighted by atomic mass is 9.90. The predicted molar refractivity (Wildman–Crippen MR) is 98.0 cm³/mol. The van der Waals surface area contributed by atoms with Gasteiger partial charge in [0.25, 0.3) is 0 Å². The SMILES string of the molecule is O=C(NCc1cccnc1OCC(F)(F)F)N1CCC(c2ccccc2)CC1. The van der Waals surface area contributed by atoms with E-state index in [0.717, 1.165) is 12.8 Å². The van der Waals surface area contributed by atoms with Crippen molar-refractivity contribution in [3.05, 3.63) is 59.8 Å². The molecule has 8 heteroatoms. The summed E-state index contributed by atoms with van der Waals surface area (Å²) in [5, 5.41) is 2.75. The Labute approximate surface area is 161 Å². The zero-order chi connectivity index (χ0) is 20.0. The number of rotatable bonds is 5. The van der Waals surface area contributed by atoms with Crippen molar-refractivity contribution in [3.8, 4) is 5.88 Å². The first-order valence-corrected chi connectivity index (χ1v) is 9.13. The number of nitrogens with one attached hydrogen (secondary N) is 1. The molecule has 1 aromatic heterocycles. The van der Waals surface area contributed by atoms with Crippen molar-refractivity contribution in [3.63, 3.8) is 0 Å². The molecular formula is C20H22F3N3O2. The normalized spacial score (nSPS) is 15.3. The minimum Gasteiger partial charge on any atom is -0.468 e. The van der Waals surface area contributed by atoms with Crippen LogP contribution in [0.25, 0.3) is 0 Å². The fourth-order valence-electron chi connectivity index (χ4n) is 3.26. The van der Waals surface area contributed by atoms with Crippen LogP contribution in [0.2, 0.25) is 0 Å². The third-order valence-electron chi connectivity index (χ3n) is 4.71. The zero-order valence-electron chi connectivity index (χ0n) is 15.3. The predicted octanol–water partition coefficient (Wildman–Crippen LogP) is 4.11. The number of hydrogen-bond donors (Lipinski definition) is 1. The lowest BCUT2D eigenvalue weighted by molar-refractivity contribution is -0.154. The van der Waals surface area contributed by atoms with Crippen LogP contribution in [0.5, 0.6) is 5.88 Å². The number of pyridine rings is 1. The fourth-order valence-corrected chi connectivity index (χ4v) is 3.26. The van der Waals surface area contributed by atoms with Crippen molar-refractivity contribution >= 4 is 6.03 Å². The third kappa shape index (κ3) is 5.61. The molecule has 1 aromatic carbocycles. The molecule has 1 fully saturated rings. The molecule has 150 valence electrons. The van der Waals surface area contributed by atoms with Crippen molar-refractivity contribution in [2.75, 3.05) is 19.7 Å². The minimum atomic E-state index is -4.44. The average molecular weight is 393 g/mol. The molecule has 1 aliphatic heterocycles. The number of amides is 2. The van der Waals surface area contributed by atoms with E-state index in [1.807, 2.05) is 18.2 Å². The number of likely N-dealkylation sites (tertiary alicyclic amines) is 1. The quantitative estimate of drug-likeness (QED) is 0.832. The second-order valence-corrected chi connectivity index (χ2v) is 6.70. The summed E-state index contributed by atoms with van der Waals surface area (Å²) in [6, 6.07) is 13.2. The molecule has 2 heterocycles. The van der Waals surface area contributed by atoms with Gasteiger partial charge in [-0.2, -0.15) is 13.2 Å². The molecule has 2 aromatic rings. The topological polar surface area (TPSA) is 54.5 Å². The van der Waals surface area contributed by atoms with E-state index in [4.69, 9.17) is 4.74 Å². The Morgan fingerprint density at radius 1 is 1.14 bits per heavy atom. The van der Waals surface area contributed by atoms with Gasteiger partial charge >= 0.3 is 12.2 Å². The van der Waals surface area contributed by atoms with Crippen LogP contribution in [-0.2, 0) is 6.54 Å². The Morgan fingerprint density at radius 2 is 1.86 bits per heavy atom. The van der Waals surface area contributed by atoms with E-state index in [9.17, 15) is 18.0 Å². The van der Waals surface area contributed by atoms with Gasteiger partial charge in [0.15, 0.2) is 6.61 Å². The molecule has 0 aliphatic carbocycles. The highest BCUT2D eigenvalue weighted by atomic mass is 19.4. The molecule has 28 heavy (non-hydrogen) atoms. The molecule has 0 atom stereocenters. The monoisotopic (exact) mass is 393 g/mol. The molecule has 1 aliphatic rings. The number of benzene rings is 1. The Bertz CT molecular complexity index is 776. The lowest BCUT2D eigenvalue weighted by Crippen LogP contribution is -2.43. The van der Waals surface area contributed by atoms with Gasteiger partial charge in [-0.15, -0.1) is 0 Å². The second-order valence-electron chi connectivity index (χ2n) is 6.70. The Balaban J connectivity index is 1.50. The minimum absolute atomic E-state index is 0.0540. The summed E-state index contributed by atoms with van der Waals surface area (Å²) in [7, 11) is 0. The molecule has 0 spiro atoms. The molecule has 5 nitrogen and oxygen atoms in total. The molecule has 0 saturated carbocycles. The van der Waals surface area contributed by atoms with Crippen LogP contribution in [0.1, 0.15) is 29.9 Å². The van der Waals surface area contributed by atoms with E-state index in [1.165, 1.54) is 11.8 Å². The van der Waals surface area contributed by atoms with Crippen molar-refractivity contribution in [2.45, 2.75) is 31.5 Å². The molecule has 1 saturated heterocycles.